The largest absolute Gasteiger partial charge is 0.448 e. The third-order valence-electron chi connectivity index (χ3n) is 5.35. The molecule has 2 fully saturated rings. The zero-order chi connectivity index (χ0) is 19.7. The number of piperidine rings is 1. The summed E-state index contributed by atoms with van der Waals surface area (Å²) in [7, 11) is 0. The lowest BCUT2D eigenvalue weighted by Gasteiger charge is -2.31. The maximum Gasteiger partial charge on any atom is 0.435 e. The number of H-pyrrole nitrogens is 1. The molecule has 4 rings (SSSR count). The summed E-state index contributed by atoms with van der Waals surface area (Å²) in [6.07, 6.45) is -0.117. The highest BCUT2D eigenvalue weighted by molar-refractivity contribution is 5.92. The molecule has 2 aliphatic heterocycles. The zero-order valence-electron chi connectivity index (χ0n) is 15.2. The van der Waals surface area contributed by atoms with E-state index in [2.05, 4.69) is 15.2 Å². The first-order chi connectivity index (χ1) is 13.4. The molecule has 2 aromatic heterocycles. The Hall–Kier alpha value is -2.36. The van der Waals surface area contributed by atoms with E-state index in [1.165, 1.54) is 6.26 Å². The lowest BCUT2D eigenvalue weighted by Crippen LogP contribution is -2.39. The molecule has 1 atom stereocenters. The molecule has 0 spiro atoms. The molecule has 2 saturated heterocycles. The predicted octanol–water partition coefficient (Wildman–Crippen LogP) is 3.33. The van der Waals surface area contributed by atoms with Gasteiger partial charge < -0.3 is 14.1 Å². The normalized spacial score (nSPS) is 21.8. The van der Waals surface area contributed by atoms with E-state index in [1.807, 2.05) is 0 Å². The van der Waals surface area contributed by atoms with Crippen LogP contribution in [0.2, 0.25) is 0 Å². The van der Waals surface area contributed by atoms with Crippen molar-refractivity contribution in [3.05, 3.63) is 35.3 Å². The molecule has 1 unspecified atom stereocenters. The number of carbonyl (C=O) groups excluding carboxylic acids is 1. The minimum atomic E-state index is -4.49. The SMILES string of the molecule is O=C(c1coc(C2CCOCC2)n1)N1CCCC(c2cc(C(F)(F)F)n[nH]2)C1. The van der Waals surface area contributed by atoms with E-state index in [-0.39, 0.29) is 23.4 Å². The van der Waals surface area contributed by atoms with Crippen molar-refractivity contribution in [1.29, 1.82) is 0 Å². The Bertz CT molecular complexity index is 826. The zero-order valence-corrected chi connectivity index (χ0v) is 15.2. The van der Waals surface area contributed by atoms with Crippen LogP contribution in [0.1, 0.15) is 65.3 Å². The molecule has 0 bridgehead atoms. The lowest BCUT2D eigenvalue weighted by atomic mass is 9.94. The highest BCUT2D eigenvalue weighted by Crippen LogP contribution is 2.32. The molecule has 0 aromatic carbocycles. The fourth-order valence-electron chi connectivity index (χ4n) is 3.79. The van der Waals surface area contributed by atoms with Gasteiger partial charge in [-0.2, -0.15) is 18.3 Å². The van der Waals surface area contributed by atoms with Crippen LogP contribution in [0, 0.1) is 0 Å². The van der Waals surface area contributed by atoms with Crippen molar-refractivity contribution >= 4 is 5.91 Å². The summed E-state index contributed by atoms with van der Waals surface area (Å²) < 4.78 is 49.2. The van der Waals surface area contributed by atoms with Gasteiger partial charge in [0.1, 0.15) is 6.26 Å². The number of alkyl halides is 3. The van der Waals surface area contributed by atoms with Crippen molar-refractivity contribution in [2.75, 3.05) is 26.3 Å². The molecule has 4 heterocycles. The molecule has 10 heteroatoms. The molecule has 2 aromatic rings. The average Bonchev–Trinajstić information content (AvgIpc) is 3.38. The van der Waals surface area contributed by atoms with Gasteiger partial charge in [0, 0.05) is 43.8 Å². The lowest BCUT2D eigenvalue weighted by molar-refractivity contribution is -0.141. The Morgan fingerprint density at radius 1 is 1.21 bits per heavy atom. The van der Waals surface area contributed by atoms with Gasteiger partial charge in [0.05, 0.1) is 0 Å². The summed E-state index contributed by atoms with van der Waals surface area (Å²) in [5.41, 5.74) is -0.306. The molecule has 1 amide bonds. The van der Waals surface area contributed by atoms with Gasteiger partial charge in [-0.05, 0) is 31.7 Å². The number of likely N-dealkylation sites (tertiary alicyclic amines) is 1. The van der Waals surface area contributed by atoms with Crippen LogP contribution in [0.5, 0.6) is 0 Å². The highest BCUT2D eigenvalue weighted by Gasteiger charge is 2.36. The summed E-state index contributed by atoms with van der Waals surface area (Å²) >= 11 is 0. The highest BCUT2D eigenvalue weighted by atomic mass is 19.4. The first-order valence-electron chi connectivity index (χ1n) is 9.37. The van der Waals surface area contributed by atoms with Crippen molar-refractivity contribution in [1.82, 2.24) is 20.1 Å². The van der Waals surface area contributed by atoms with Crippen LogP contribution in [-0.2, 0) is 10.9 Å². The Kier molecular flexibility index (Phi) is 5.13. The number of oxazole rings is 1. The number of aromatic amines is 1. The van der Waals surface area contributed by atoms with E-state index in [4.69, 9.17) is 9.15 Å². The quantitative estimate of drug-likeness (QED) is 0.857. The molecular formula is C18H21F3N4O3. The number of carbonyl (C=O) groups is 1. The van der Waals surface area contributed by atoms with Crippen molar-refractivity contribution in [2.24, 2.45) is 0 Å². The Morgan fingerprint density at radius 3 is 2.71 bits per heavy atom. The molecule has 2 aliphatic rings. The second-order valence-electron chi connectivity index (χ2n) is 7.25. The Labute approximate surface area is 159 Å². The second kappa shape index (κ2) is 7.57. The minimum absolute atomic E-state index is 0.148. The van der Waals surface area contributed by atoms with Gasteiger partial charge in [0.25, 0.3) is 5.91 Å². The monoisotopic (exact) mass is 398 g/mol. The molecule has 152 valence electrons. The van der Waals surface area contributed by atoms with E-state index < -0.39 is 11.9 Å². The number of hydrogen-bond acceptors (Lipinski definition) is 5. The van der Waals surface area contributed by atoms with Crippen LogP contribution in [0.4, 0.5) is 13.2 Å². The van der Waals surface area contributed by atoms with Crippen LogP contribution in [0.15, 0.2) is 16.7 Å². The van der Waals surface area contributed by atoms with Gasteiger partial charge in [-0.25, -0.2) is 4.98 Å². The molecule has 1 N–H and O–H groups in total. The first-order valence-corrected chi connectivity index (χ1v) is 9.37. The number of nitrogens with zero attached hydrogens (tertiary/aromatic N) is 3. The van der Waals surface area contributed by atoms with E-state index in [1.54, 1.807) is 4.90 Å². The van der Waals surface area contributed by atoms with E-state index in [9.17, 15) is 18.0 Å². The van der Waals surface area contributed by atoms with Crippen LogP contribution in [0.25, 0.3) is 0 Å². The van der Waals surface area contributed by atoms with Gasteiger partial charge in [0.2, 0.25) is 0 Å². The third-order valence-corrected chi connectivity index (χ3v) is 5.35. The third kappa shape index (κ3) is 3.91. The molecule has 28 heavy (non-hydrogen) atoms. The summed E-state index contributed by atoms with van der Waals surface area (Å²) in [6.45, 7) is 2.15. The van der Waals surface area contributed by atoms with Crippen molar-refractivity contribution < 1.29 is 27.1 Å². The molecule has 0 radical (unpaired) electrons. The second-order valence-corrected chi connectivity index (χ2v) is 7.25. The Balaban J connectivity index is 1.43. The smallest absolute Gasteiger partial charge is 0.435 e. The van der Waals surface area contributed by atoms with E-state index in [0.717, 1.165) is 18.9 Å². The van der Waals surface area contributed by atoms with Gasteiger partial charge in [-0.1, -0.05) is 0 Å². The van der Waals surface area contributed by atoms with Gasteiger partial charge in [-0.3, -0.25) is 9.89 Å². The number of aromatic nitrogens is 3. The molecule has 7 nitrogen and oxygen atoms in total. The summed E-state index contributed by atoms with van der Waals surface area (Å²) in [4.78, 5) is 18.8. The van der Waals surface area contributed by atoms with Crippen LogP contribution < -0.4 is 0 Å². The predicted molar refractivity (Wildman–Crippen MR) is 90.8 cm³/mol. The van der Waals surface area contributed by atoms with Gasteiger partial charge in [-0.15, -0.1) is 0 Å². The van der Waals surface area contributed by atoms with E-state index in [0.29, 0.717) is 50.7 Å². The number of amides is 1. The molecule has 0 saturated carbocycles. The van der Waals surface area contributed by atoms with Crippen LogP contribution >= 0.6 is 0 Å². The summed E-state index contributed by atoms with van der Waals surface area (Å²) in [6, 6.07) is 1.03. The summed E-state index contributed by atoms with van der Waals surface area (Å²) in [5, 5.41) is 5.83. The number of rotatable bonds is 3. The van der Waals surface area contributed by atoms with Crippen molar-refractivity contribution in [3.8, 4) is 0 Å². The number of hydrogen-bond donors (Lipinski definition) is 1. The molecule has 0 aliphatic carbocycles. The van der Waals surface area contributed by atoms with Crippen molar-refractivity contribution in [2.45, 2.75) is 43.7 Å². The number of nitrogens with one attached hydrogen (secondary N) is 1. The number of ether oxygens (including phenoxy) is 1. The van der Waals surface area contributed by atoms with E-state index >= 15 is 0 Å². The van der Waals surface area contributed by atoms with Gasteiger partial charge in [0.15, 0.2) is 17.3 Å². The fraction of sp³-hybridized carbons (Fsp3) is 0.611. The number of halogens is 3. The maximum atomic E-state index is 12.8. The minimum Gasteiger partial charge on any atom is -0.448 e. The topological polar surface area (TPSA) is 84.2 Å². The van der Waals surface area contributed by atoms with Crippen LogP contribution in [-0.4, -0.2) is 52.3 Å². The average molecular weight is 398 g/mol. The van der Waals surface area contributed by atoms with Gasteiger partial charge >= 0.3 is 6.18 Å². The fourth-order valence-corrected chi connectivity index (χ4v) is 3.79. The maximum absolute atomic E-state index is 12.8. The first kappa shape index (κ1) is 19.0. The van der Waals surface area contributed by atoms with Crippen LogP contribution in [0.3, 0.4) is 0 Å². The summed E-state index contributed by atoms with van der Waals surface area (Å²) in [5.74, 6) is 0.212. The Morgan fingerprint density at radius 2 is 2.00 bits per heavy atom. The molecular weight excluding hydrogens is 377 g/mol. The standard InChI is InChI=1S/C18H21F3N4O3/c19-18(20,21)15-8-13(23-24-15)12-2-1-5-25(9-12)17(26)14-10-28-16(22-14)11-3-6-27-7-4-11/h8,10-12H,1-7,9H2,(H,23,24). The van der Waals surface area contributed by atoms with Crippen molar-refractivity contribution in [3.63, 3.8) is 0 Å².